The van der Waals surface area contributed by atoms with Gasteiger partial charge in [-0.2, -0.15) is 0 Å². The zero-order valence-electron chi connectivity index (χ0n) is 28.2. The predicted octanol–water partition coefficient (Wildman–Crippen LogP) is 13.2. The van der Waals surface area contributed by atoms with E-state index in [1.54, 1.807) is 0 Å². The lowest BCUT2D eigenvalue weighted by molar-refractivity contribution is 0.662. The van der Waals surface area contributed by atoms with E-state index in [2.05, 4.69) is 151 Å². The molecule has 11 rings (SSSR count). The average Bonchev–Trinajstić information content (AvgIpc) is 3.89. The summed E-state index contributed by atoms with van der Waals surface area (Å²) >= 11 is 1.84. The van der Waals surface area contributed by atoms with Gasteiger partial charge in [-0.1, -0.05) is 121 Å². The number of fused-ring (bicyclic) bond motifs is 8. The molecule has 0 radical (unpaired) electrons. The van der Waals surface area contributed by atoms with E-state index in [9.17, 15) is 0 Å². The summed E-state index contributed by atoms with van der Waals surface area (Å²) in [7, 11) is 0. The molecule has 0 unspecified atom stereocenters. The third kappa shape index (κ3) is 4.33. The third-order valence-electron chi connectivity index (χ3n) is 10.4. The van der Waals surface area contributed by atoms with Crippen molar-refractivity contribution in [3.05, 3.63) is 163 Å². The van der Waals surface area contributed by atoms with E-state index in [1.807, 2.05) is 29.5 Å². The van der Waals surface area contributed by atoms with Crippen LogP contribution in [0, 0.1) is 6.92 Å². The van der Waals surface area contributed by atoms with Crippen LogP contribution in [0.1, 0.15) is 5.56 Å². The summed E-state index contributed by atoms with van der Waals surface area (Å²) < 4.78 is 10.3. The van der Waals surface area contributed by atoms with Gasteiger partial charge >= 0.3 is 0 Å². The standard InChI is InChI=1S/C47H29N3OS/c1-28-12-2-5-15-33(28)45-42(37-18-8-11-21-41(37)52-45)39-27-31-14-4-9-19-38(31)50(39)47-44-43(36-17-7-10-20-40(36)51-44)48-46(49-47)32-24-25-35-30(26-32)23-22-29-13-3-6-16-34(29)35/h2-27H,1H3. The number of hydrogen-bond donors (Lipinski definition) is 0. The number of hydrogen-bond acceptors (Lipinski definition) is 4. The molecule has 0 aliphatic heterocycles. The number of aromatic nitrogens is 3. The van der Waals surface area contributed by atoms with Crippen LogP contribution in [0.15, 0.2) is 162 Å². The largest absolute Gasteiger partial charge is 0.450 e. The number of nitrogens with zero attached hydrogens (tertiary/aromatic N) is 3. The molecule has 0 amide bonds. The summed E-state index contributed by atoms with van der Waals surface area (Å²) in [5.41, 5.74) is 8.98. The van der Waals surface area contributed by atoms with E-state index in [0.717, 1.165) is 49.9 Å². The van der Waals surface area contributed by atoms with Gasteiger partial charge in [0.1, 0.15) is 11.1 Å². The quantitative estimate of drug-likeness (QED) is 0.173. The average molecular weight is 684 g/mol. The molecule has 0 fully saturated rings. The van der Waals surface area contributed by atoms with E-state index < -0.39 is 0 Å². The van der Waals surface area contributed by atoms with Crippen molar-refractivity contribution in [2.24, 2.45) is 0 Å². The highest BCUT2D eigenvalue weighted by Gasteiger charge is 2.26. The van der Waals surface area contributed by atoms with Crippen molar-refractivity contribution in [1.82, 2.24) is 14.5 Å². The van der Waals surface area contributed by atoms with Crippen LogP contribution in [0.3, 0.4) is 0 Å². The van der Waals surface area contributed by atoms with Crippen LogP contribution in [0.5, 0.6) is 0 Å². The topological polar surface area (TPSA) is 43.9 Å². The van der Waals surface area contributed by atoms with Gasteiger partial charge in [0.05, 0.1) is 11.2 Å². The maximum absolute atomic E-state index is 6.72. The van der Waals surface area contributed by atoms with Gasteiger partial charge in [-0.3, -0.25) is 4.57 Å². The zero-order chi connectivity index (χ0) is 34.3. The summed E-state index contributed by atoms with van der Waals surface area (Å²) in [4.78, 5) is 12.0. The van der Waals surface area contributed by atoms with Crippen molar-refractivity contribution in [2.75, 3.05) is 0 Å². The molecule has 7 aromatic carbocycles. The van der Waals surface area contributed by atoms with Gasteiger partial charge in [0.25, 0.3) is 0 Å². The van der Waals surface area contributed by atoms with Crippen molar-refractivity contribution in [2.45, 2.75) is 6.92 Å². The van der Waals surface area contributed by atoms with Crippen LogP contribution >= 0.6 is 11.3 Å². The second-order valence-corrected chi connectivity index (χ2v) is 14.5. The summed E-state index contributed by atoms with van der Waals surface area (Å²) in [6, 6.07) is 55.9. The van der Waals surface area contributed by atoms with Crippen LogP contribution in [0.25, 0.3) is 104 Å². The first kappa shape index (κ1) is 29.2. The summed E-state index contributed by atoms with van der Waals surface area (Å²) in [5.74, 6) is 1.37. The Labute approximate surface area is 302 Å². The Morgan fingerprint density at radius 2 is 1.29 bits per heavy atom. The summed E-state index contributed by atoms with van der Waals surface area (Å²) in [6.45, 7) is 2.19. The fourth-order valence-electron chi connectivity index (χ4n) is 7.89. The molecule has 4 nitrogen and oxygen atoms in total. The molecule has 0 aliphatic carbocycles. The van der Waals surface area contributed by atoms with Crippen molar-refractivity contribution < 1.29 is 4.42 Å². The van der Waals surface area contributed by atoms with E-state index in [4.69, 9.17) is 14.4 Å². The minimum Gasteiger partial charge on any atom is -0.450 e. The molecule has 0 aliphatic rings. The van der Waals surface area contributed by atoms with Crippen LogP contribution < -0.4 is 0 Å². The highest BCUT2D eigenvalue weighted by molar-refractivity contribution is 7.23. The molecule has 52 heavy (non-hydrogen) atoms. The third-order valence-corrected chi connectivity index (χ3v) is 11.6. The maximum atomic E-state index is 6.72. The number of para-hydroxylation sites is 2. The molecular weight excluding hydrogens is 655 g/mol. The van der Waals surface area contributed by atoms with Crippen molar-refractivity contribution in [3.8, 4) is 38.9 Å². The smallest absolute Gasteiger partial charge is 0.197 e. The maximum Gasteiger partial charge on any atom is 0.197 e. The lowest BCUT2D eigenvalue weighted by Gasteiger charge is -2.14. The molecule has 4 heterocycles. The summed E-state index contributed by atoms with van der Waals surface area (Å²) in [6.07, 6.45) is 0. The Balaban J connectivity index is 1.25. The van der Waals surface area contributed by atoms with Crippen LogP contribution in [0.4, 0.5) is 0 Å². The fraction of sp³-hybridized carbons (Fsp3) is 0.0213. The zero-order valence-corrected chi connectivity index (χ0v) is 29.0. The Kier molecular flexibility index (Phi) is 6.30. The van der Waals surface area contributed by atoms with E-state index >= 15 is 0 Å². The molecule has 0 N–H and O–H groups in total. The van der Waals surface area contributed by atoms with Crippen LogP contribution in [-0.4, -0.2) is 14.5 Å². The van der Waals surface area contributed by atoms with Gasteiger partial charge < -0.3 is 4.42 Å². The monoisotopic (exact) mass is 683 g/mol. The van der Waals surface area contributed by atoms with E-state index in [1.165, 1.54) is 47.8 Å². The molecule has 0 spiro atoms. The van der Waals surface area contributed by atoms with Gasteiger partial charge in [-0.05, 0) is 76.0 Å². The van der Waals surface area contributed by atoms with Gasteiger partial charge in [0, 0.05) is 36.9 Å². The molecular formula is C47H29N3OS. The Bertz CT molecular complexity index is 3220. The second kappa shape index (κ2) is 11.2. The van der Waals surface area contributed by atoms with Crippen LogP contribution in [0.2, 0.25) is 0 Å². The summed E-state index contributed by atoms with van der Waals surface area (Å²) in [5, 5.41) is 8.14. The predicted molar refractivity (Wildman–Crippen MR) is 218 cm³/mol. The number of rotatable bonds is 4. The first-order valence-electron chi connectivity index (χ1n) is 17.5. The van der Waals surface area contributed by atoms with Gasteiger partial charge in [0.15, 0.2) is 17.2 Å². The highest BCUT2D eigenvalue weighted by atomic mass is 32.1. The normalized spacial score (nSPS) is 11.9. The molecule has 244 valence electrons. The van der Waals surface area contributed by atoms with Crippen molar-refractivity contribution >= 4 is 75.9 Å². The second-order valence-electron chi connectivity index (χ2n) is 13.4. The number of furan rings is 1. The lowest BCUT2D eigenvalue weighted by Crippen LogP contribution is -2.03. The van der Waals surface area contributed by atoms with E-state index in [0.29, 0.717) is 11.4 Å². The van der Waals surface area contributed by atoms with E-state index in [-0.39, 0.29) is 0 Å². The van der Waals surface area contributed by atoms with Crippen molar-refractivity contribution in [1.29, 1.82) is 0 Å². The van der Waals surface area contributed by atoms with Gasteiger partial charge in [-0.15, -0.1) is 11.3 Å². The van der Waals surface area contributed by atoms with Crippen LogP contribution in [-0.2, 0) is 0 Å². The Hall–Kier alpha value is -6.56. The molecule has 0 saturated carbocycles. The molecule has 0 saturated heterocycles. The number of aryl methyl sites for hydroxylation is 1. The SMILES string of the molecule is Cc1ccccc1-c1sc2ccccc2c1-c1cc2ccccc2n1-c1nc(-c2ccc3c(ccc4ccccc43)c2)nc2c1oc1ccccc12. The Morgan fingerprint density at radius 3 is 2.19 bits per heavy atom. The minimum atomic E-state index is 0.655. The molecule has 4 aromatic heterocycles. The fourth-order valence-corrected chi connectivity index (χ4v) is 9.20. The molecule has 11 aromatic rings. The van der Waals surface area contributed by atoms with Gasteiger partial charge in [0.2, 0.25) is 0 Å². The number of thiophene rings is 1. The van der Waals surface area contributed by atoms with Gasteiger partial charge in [-0.25, -0.2) is 9.97 Å². The Morgan fingerprint density at radius 1 is 0.577 bits per heavy atom. The number of benzene rings is 7. The molecule has 0 bridgehead atoms. The highest BCUT2D eigenvalue weighted by Crippen LogP contribution is 2.48. The first-order valence-corrected chi connectivity index (χ1v) is 18.3. The molecule has 0 atom stereocenters. The van der Waals surface area contributed by atoms with Crippen molar-refractivity contribution in [3.63, 3.8) is 0 Å². The molecule has 5 heteroatoms. The first-order chi connectivity index (χ1) is 25.7. The lowest BCUT2D eigenvalue weighted by atomic mass is 10.00. The minimum absolute atomic E-state index is 0.655.